The van der Waals surface area contributed by atoms with Crippen molar-refractivity contribution < 1.29 is 19.0 Å². The maximum absolute atomic E-state index is 13.1. The van der Waals surface area contributed by atoms with E-state index >= 15 is 0 Å². The number of carbonyl (C=O) groups is 1. The van der Waals surface area contributed by atoms with Gasteiger partial charge in [0.1, 0.15) is 11.2 Å². The van der Waals surface area contributed by atoms with Gasteiger partial charge in [0.05, 0.1) is 18.4 Å². The van der Waals surface area contributed by atoms with Gasteiger partial charge in [-0.15, -0.1) is 0 Å². The number of aliphatic carboxylic acids is 1. The van der Waals surface area contributed by atoms with Crippen LogP contribution in [-0.2, 0) is 16.0 Å². The van der Waals surface area contributed by atoms with E-state index in [1.807, 2.05) is 0 Å². The Hall–Kier alpha value is -1.49. The molecule has 5 heteroatoms. The van der Waals surface area contributed by atoms with Crippen molar-refractivity contribution in [1.82, 2.24) is 4.98 Å². The molecule has 3 unspecified atom stereocenters. The molecule has 0 radical (unpaired) electrons. The molecule has 3 atom stereocenters. The minimum atomic E-state index is -0.904. The van der Waals surface area contributed by atoms with E-state index in [1.165, 1.54) is 12.3 Å². The van der Waals surface area contributed by atoms with Crippen LogP contribution < -0.4 is 0 Å². The molecule has 2 bridgehead atoms. The van der Waals surface area contributed by atoms with Crippen LogP contribution in [-0.4, -0.2) is 28.3 Å². The Morgan fingerprint density at radius 1 is 1.56 bits per heavy atom. The second-order valence-corrected chi connectivity index (χ2v) is 5.18. The second-order valence-electron chi connectivity index (χ2n) is 5.18. The van der Waals surface area contributed by atoms with Gasteiger partial charge in [0, 0.05) is 6.20 Å². The van der Waals surface area contributed by atoms with Crippen LogP contribution in [0.1, 0.15) is 24.8 Å². The first kappa shape index (κ1) is 11.6. The highest BCUT2D eigenvalue weighted by Gasteiger charge is 2.57. The van der Waals surface area contributed by atoms with Crippen LogP contribution in [0, 0.1) is 11.2 Å². The Balaban J connectivity index is 1.90. The molecule has 3 rings (SSSR count). The molecule has 2 saturated heterocycles. The molecule has 0 aliphatic carbocycles. The topological polar surface area (TPSA) is 59.4 Å². The molecule has 3 heterocycles. The van der Waals surface area contributed by atoms with Crippen molar-refractivity contribution in [2.24, 2.45) is 5.41 Å². The van der Waals surface area contributed by atoms with Gasteiger partial charge in [-0.25, -0.2) is 4.39 Å². The van der Waals surface area contributed by atoms with Gasteiger partial charge in [0.25, 0.3) is 0 Å². The van der Waals surface area contributed by atoms with E-state index in [4.69, 9.17) is 4.74 Å². The molecule has 0 saturated carbocycles. The van der Waals surface area contributed by atoms with Crippen LogP contribution in [0.3, 0.4) is 0 Å². The van der Waals surface area contributed by atoms with E-state index in [9.17, 15) is 14.3 Å². The van der Waals surface area contributed by atoms with Crippen LogP contribution in [0.15, 0.2) is 18.5 Å². The number of fused-ring (bicyclic) bond motifs is 2. The lowest BCUT2D eigenvalue weighted by Gasteiger charge is -2.30. The predicted octanol–water partition coefficient (Wildman–Crippen LogP) is 1.79. The molecule has 2 aliphatic heterocycles. The van der Waals surface area contributed by atoms with E-state index < -0.39 is 17.2 Å². The summed E-state index contributed by atoms with van der Waals surface area (Å²) in [5, 5.41) is 9.52. The van der Waals surface area contributed by atoms with Crippen LogP contribution >= 0.6 is 0 Å². The zero-order chi connectivity index (χ0) is 12.8. The molecule has 1 N–H and O–H groups in total. The summed E-state index contributed by atoms with van der Waals surface area (Å²) in [7, 11) is 0. The Morgan fingerprint density at radius 2 is 2.39 bits per heavy atom. The standard InChI is InChI=1S/C13H14FNO3/c14-9-3-8(6-15-7-9)4-13(12(16)17)5-10-1-2-11(13)18-10/h3,6-7,10-11H,1-2,4-5H2,(H,16,17). The Bertz CT molecular complexity index is 493. The van der Waals surface area contributed by atoms with E-state index in [0.717, 1.165) is 19.0 Å². The van der Waals surface area contributed by atoms with E-state index in [1.54, 1.807) is 0 Å². The van der Waals surface area contributed by atoms with Gasteiger partial charge in [0.2, 0.25) is 0 Å². The maximum Gasteiger partial charge on any atom is 0.312 e. The first-order valence-electron chi connectivity index (χ1n) is 6.08. The lowest BCUT2D eigenvalue weighted by Crippen LogP contribution is -2.42. The van der Waals surface area contributed by atoms with Crippen LogP contribution in [0.5, 0.6) is 0 Å². The minimum Gasteiger partial charge on any atom is -0.481 e. The van der Waals surface area contributed by atoms with Gasteiger partial charge in [-0.3, -0.25) is 9.78 Å². The van der Waals surface area contributed by atoms with E-state index in [-0.39, 0.29) is 18.6 Å². The Kier molecular flexibility index (Phi) is 2.59. The molecule has 4 nitrogen and oxygen atoms in total. The monoisotopic (exact) mass is 251 g/mol. The van der Waals surface area contributed by atoms with E-state index in [0.29, 0.717) is 12.0 Å². The molecule has 2 fully saturated rings. The summed E-state index contributed by atoms with van der Waals surface area (Å²) in [6, 6.07) is 1.35. The molecule has 1 aromatic rings. The summed E-state index contributed by atoms with van der Waals surface area (Å²) < 4.78 is 18.8. The smallest absolute Gasteiger partial charge is 0.312 e. The van der Waals surface area contributed by atoms with Crippen molar-refractivity contribution in [2.75, 3.05) is 0 Å². The first-order valence-corrected chi connectivity index (χ1v) is 6.08. The van der Waals surface area contributed by atoms with Crippen molar-refractivity contribution in [2.45, 2.75) is 37.9 Å². The van der Waals surface area contributed by atoms with Crippen molar-refractivity contribution in [1.29, 1.82) is 0 Å². The van der Waals surface area contributed by atoms with Gasteiger partial charge in [-0.2, -0.15) is 0 Å². The Labute approximate surface area is 104 Å². The molecule has 2 aliphatic rings. The number of carboxylic acids is 1. The summed E-state index contributed by atoms with van der Waals surface area (Å²) >= 11 is 0. The summed E-state index contributed by atoms with van der Waals surface area (Å²) in [6.07, 6.45) is 4.96. The highest BCUT2D eigenvalue weighted by atomic mass is 19.1. The third kappa shape index (κ3) is 1.70. The zero-order valence-corrected chi connectivity index (χ0v) is 9.80. The molecule has 0 aromatic carbocycles. The van der Waals surface area contributed by atoms with Crippen molar-refractivity contribution >= 4 is 5.97 Å². The largest absolute Gasteiger partial charge is 0.481 e. The second kappa shape index (κ2) is 4.02. The first-order chi connectivity index (χ1) is 8.60. The summed E-state index contributed by atoms with van der Waals surface area (Å²) in [5.41, 5.74) is -0.285. The predicted molar refractivity (Wildman–Crippen MR) is 60.5 cm³/mol. The number of pyridine rings is 1. The third-order valence-corrected chi connectivity index (χ3v) is 4.02. The number of aromatic nitrogens is 1. The minimum absolute atomic E-state index is 0.0487. The fraction of sp³-hybridized carbons (Fsp3) is 0.538. The van der Waals surface area contributed by atoms with Crippen LogP contribution in [0.25, 0.3) is 0 Å². The van der Waals surface area contributed by atoms with Crippen molar-refractivity contribution in [3.05, 3.63) is 29.8 Å². The van der Waals surface area contributed by atoms with Crippen LogP contribution in [0.4, 0.5) is 4.39 Å². The number of halogens is 1. The maximum atomic E-state index is 13.1. The fourth-order valence-corrected chi connectivity index (χ4v) is 3.20. The molecule has 96 valence electrons. The molecule has 0 spiro atoms. The number of hydrogen-bond acceptors (Lipinski definition) is 3. The highest BCUT2D eigenvalue weighted by Crippen LogP contribution is 2.49. The van der Waals surface area contributed by atoms with Gasteiger partial charge in [0.15, 0.2) is 0 Å². The zero-order valence-electron chi connectivity index (χ0n) is 9.80. The molecule has 1 aromatic heterocycles. The summed E-state index contributed by atoms with van der Waals surface area (Å²) in [5.74, 6) is -1.28. The fourth-order valence-electron chi connectivity index (χ4n) is 3.20. The quantitative estimate of drug-likeness (QED) is 0.889. The highest BCUT2D eigenvalue weighted by molar-refractivity contribution is 5.76. The van der Waals surface area contributed by atoms with Crippen molar-refractivity contribution in [3.8, 4) is 0 Å². The number of nitrogens with zero attached hydrogens (tertiary/aromatic N) is 1. The SMILES string of the molecule is O=C(O)C1(Cc2cncc(F)c2)CC2CCC1O2. The Morgan fingerprint density at radius 3 is 2.94 bits per heavy atom. The average molecular weight is 251 g/mol. The van der Waals surface area contributed by atoms with Gasteiger partial charge in [-0.1, -0.05) is 0 Å². The molecular weight excluding hydrogens is 237 g/mol. The van der Waals surface area contributed by atoms with Gasteiger partial charge >= 0.3 is 5.97 Å². The lowest BCUT2D eigenvalue weighted by atomic mass is 9.70. The average Bonchev–Trinajstić information content (AvgIpc) is 2.89. The third-order valence-electron chi connectivity index (χ3n) is 4.02. The molecular formula is C13H14FNO3. The number of carboxylic acid groups (broad SMARTS) is 1. The lowest BCUT2D eigenvalue weighted by molar-refractivity contribution is -0.152. The number of ether oxygens (including phenoxy) is 1. The number of hydrogen-bond donors (Lipinski definition) is 1. The van der Waals surface area contributed by atoms with Gasteiger partial charge in [-0.05, 0) is 37.3 Å². The van der Waals surface area contributed by atoms with Gasteiger partial charge < -0.3 is 9.84 Å². The summed E-state index contributed by atoms with van der Waals surface area (Å²) in [4.78, 5) is 15.4. The van der Waals surface area contributed by atoms with Crippen molar-refractivity contribution in [3.63, 3.8) is 0 Å². The van der Waals surface area contributed by atoms with Crippen LogP contribution in [0.2, 0.25) is 0 Å². The normalized spacial score (nSPS) is 33.8. The molecule has 18 heavy (non-hydrogen) atoms. The summed E-state index contributed by atoms with van der Waals surface area (Å²) in [6.45, 7) is 0. The molecule has 0 amide bonds. The van der Waals surface area contributed by atoms with E-state index in [2.05, 4.69) is 4.98 Å². The number of rotatable bonds is 3.